The van der Waals surface area contributed by atoms with Crippen LogP contribution in [0.3, 0.4) is 0 Å². The van der Waals surface area contributed by atoms with Crippen LogP contribution in [0.25, 0.3) is 0 Å². The first-order valence-corrected chi connectivity index (χ1v) is 6.56. The Kier molecular flexibility index (Phi) is 4.27. The molecule has 8 nitrogen and oxygen atoms in total. The molecule has 2 atom stereocenters. The monoisotopic (exact) mass is 294 g/mol. The molecule has 114 valence electrons. The number of amidine groups is 1. The van der Waals surface area contributed by atoms with Crippen molar-refractivity contribution >= 4 is 17.2 Å². The second-order valence-corrected chi connectivity index (χ2v) is 4.99. The van der Waals surface area contributed by atoms with Gasteiger partial charge in [0.2, 0.25) is 0 Å². The Balaban J connectivity index is 2.44. The van der Waals surface area contributed by atoms with Gasteiger partial charge >= 0.3 is 0 Å². The molecule has 1 fully saturated rings. The number of nitro groups is 1. The van der Waals surface area contributed by atoms with Gasteiger partial charge in [0.15, 0.2) is 5.84 Å². The summed E-state index contributed by atoms with van der Waals surface area (Å²) >= 11 is 0. The number of hydrogen-bond acceptors (Lipinski definition) is 6. The lowest BCUT2D eigenvalue weighted by Crippen LogP contribution is -2.38. The first-order valence-electron chi connectivity index (χ1n) is 6.56. The molecule has 0 amide bonds. The van der Waals surface area contributed by atoms with Crippen LogP contribution >= 0.6 is 0 Å². The van der Waals surface area contributed by atoms with Gasteiger partial charge in [0, 0.05) is 31.5 Å². The van der Waals surface area contributed by atoms with Crippen LogP contribution in [0.5, 0.6) is 0 Å². The van der Waals surface area contributed by atoms with Crippen LogP contribution in [-0.2, 0) is 4.74 Å². The number of ether oxygens (including phenoxy) is 1. The van der Waals surface area contributed by atoms with Crippen molar-refractivity contribution in [2.75, 3.05) is 18.6 Å². The third kappa shape index (κ3) is 2.89. The summed E-state index contributed by atoms with van der Waals surface area (Å²) in [5.41, 5.74) is 6.54. The topological polar surface area (TPSA) is 114 Å². The van der Waals surface area contributed by atoms with E-state index in [0.717, 1.165) is 6.42 Å². The van der Waals surface area contributed by atoms with Crippen molar-refractivity contribution in [3.8, 4) is 0 Å². The molecule has 0 aromatic heterocycles. The first-order chi connectivity index (χ1) is 9.95. The van der Waals surface area contributed by atoms with Gasteiger partial charge in [-0.1, -0.05) is 5.16 Å². The number of nitro benzene ring substituents is 1. The fourth-order valence-corrected chi connectivity index (χ4v) is 2.61. The van der Waals surface area contributed by atoms with Gasteiger partial charge in [0.25, 0.3) is 5.69 Å². The highest BCUT2D eigenvalue weighted by molar-refractivity contribution is 6.02. The van der Waals surface area contributed by atoms with Gasteiger partial charge in [0.05, 0.1) is 22.6 Å². The highest BCUT2D eigenvalue weighted by atomic mass is 16.6. The summed E-state index contributed by atoms with van der Waals surface area (Å²) in [6.07, 6.45) is 0.898. The standard InChI is InChI=1S/C13H18N4O4/c1-8-11(5-6-21-8)16(2)12-4-3-9(17(19)20)7-10(12)13(14)15-18/h3-4,7-8,11,18H,5-6H2,1-2H3,(H2,14,15). The molecule has 21 heavy (non-hydrogen) atoms. The second-order valence-electron chi connectivity index (χ2n) is 4.99. The quantitative estimate of drug-likeness (QED) is 0.284. The molecule has 0 bridgehead atoms. The van der Waals surface area contributed by atoms with Crippen LogP contribution in [0, 0.1) is 10.1 Å². The maximum Gasteiger partial charge on any atom is 0.270 e. The Labute approximate surface area is 121 Å². The third-order valence-corrected chi connectivity index (χ3v) is 3.79. The lowest BCUT2D eigenvalue weighted by atomic mass is 10.1. The smallest absolute Gasteiger partial charge is 0.270 e. The molecule has 0 saturated carbocycles. The molecule has 0 aliphatic carbocycles. The van der Waals surface area contributed by atoms with Crippen molar-refractivity contribution in [3.05, 3.63) is 33.9 Å². The van der Waals surface area contributed by atoms with E-state index in [1.807, 2.05) is 18.9 Å². The predicted octanol–water partition coefficient (Wildman–Crippen LogP) is 1.30. The van der Waals surface area contributed by atoms with E-state index in [-0.39, 0.29) is 23.7 Å². The van der Waals surface area contributed by atoms with E-state index < -0.39 is 4.92 Å². The molecule has 0 radical (unpaired) electrons. The van der Waals surface area contributed by atoms with E-state index in [4.69, 9.17) is 15.7 Å². The van der Waals surface area contributed by atoms with Crippen LogP contribution in [0.1, 0.15) is 18.9 Å². The average molecular weight is 294 g/mol. The van der Waals surface area contributed by atoms with Crippen LogP contribution in [0.4, 0.5) is 11.4 Å². The lowest BCUT2D eigenvalue weighted by Gasteiger charge is -2.30. The van der Waals surface area contributed by atoms with Crippen molar-refractivity contribution in [1.29, 1.82) is 0 Å². The van der Waals surface area contributed by atoms with Gasteiger partial charge in [-0.25, -0.2) is 0 Å². The van der Waals surface area contributed by atoms with Crippen molar-refractivity contribution in [1.82, 2.24) is 0 Å². The molecular weight excluding hydrogens is 276 g/mol. The normalized spacial score (nSPS) is 22.3. The zero-order valence-corrected chi connectivity index (χ0v) is 11.9. The largest absolute Gasteiger partial charge is 0.409 e. The molecule has 2 unspecified atom stereocenters. The van der Waals surface area contributed by atoms with Gasteiger partial charge in [0.1, 0.15) is 0 Å². The molecule has 3 N–H and O–H groups in total. The molecule has 1 aromatic rings. The van der Waals surface area contributed by atoms with Gasteiger partial charge in [-0.3, -0.25) is 10.1 Å². The molecule has 1 aliphatic rings. The summed E-state index contributed by atoms with van der Waals surface area (Å²) < 4.78 is 5.54. The summed E-state index contributed by atoms with van der Waals surface area (Å²) in [6.45, 7) is 2.64. The Morgan fingerprint density at radius 3 is 2.86 bits per heavy atom. The summed E-state index contributed by atoms with van der Waals surface area (Å²) in [7, 11) is 1.87. The fourth-order valence-electron chi connectivity index (χ4n) is 2.61. The zero-order chi connectivity index (χ0) is 15.6. The second kappa shape index (κ2) is 5.96. The minimum absolute atomic E-state index is 0.0466. The minimum Gasteiger partial charge on any atom is -0.409 e. The van der Waals surface area contributed by atoms with Crippen molar-refractivity contribution in [2.24, 2.45) is 10.9 Å². The van der Waals surface area contributed by atoms with Crippen molar-refractivity contribution in [3.63, 3.8) is 0 Å². The minimum atomic E-state index is -0.515. The molecular formula is C13H18N4O4. The summed E-state index contributed by atoms with van der Waals surface area (Å²) in [6, 6.07) is 4.45. The highest BCUT2D eigenvalue weighted by Gasteiger charge is 2.30. The third-order valence-electron chi connectivity index (χ3n) is 3.79. The van der Waals surface area contributed by atoms with Crippen molar-refractivity contribution in [2.45, 2.75) is 25.5 Å². The summed E-state index contributed by atoms with van der Waals surface area (Å²) in [4.78, 5) is 12.3. The van der Waals surface area contributed by atoms with E-state index in [2.05, 4.69) is 5.16 Å². The number of nitrogens with zero attached hydrogens (tertiary/aromatic N) is 3. The number of oxime groups is 1. The average Bonchev–Trinajstić information content (AvgIpc) is 2.91. The summed E-state index contributed by atoms with van der Waals surface area (Å²) in [5, 5.41) is 22.7. The number of hydrogen-bond donors (Lipinski definition) is 2. The Bertz CT molecular complexity index is 575. The molecule has 1 saturated heterocycles. The zero-order valence-electron chi connectivity index (χ0n) is 11.9. The molecule has 2 rings (SSSR count). The molecule has 0 spiro atoms. The Morgan fingerprint density at radius 2 is 2.33 bits per heavy atom. The van der Waals surface area contributed by atoms with E-state index in [1.165, 1.54) is 12.1 Å². The van der Waals surface area contributed by atoms with E-state index in [9.17, 15) is 10.1 Å². The lowest BCUT2D eigenvalue weighted by molar-refractivity contribution is -0.384. The van der Waals surface area contributed by atoms with Crippen LogP contribution in [0.2, 0.25) is 0 Å². The fraction of sp³-hybridized carbons (Fsp3) is 0.462. The highest BCUT2D eigenvalue weighted by Crippen LogP contribution is 2.29. The van der Waals surface area contributed by atoms with Gasteiger partial charge < -0.3 is 20.6 Å². The molecule has 1 heterocycles. The van der Waals surface area contributed by atoms with Crippen LogP contribution in [-0.4, -0.2) is 41.8 Å². The van der Waals surface area contributed by atoms with Crippen LogP contribution in [0.15, 0.2) is 23.4 Å². The maximum absolute atomic E-state index is 10.9. The number of anilines is 1. The number of rotatable bonds is 4. The number of non-ortho nitro benzene ring substituents is 1. The molecule has 1 aliphatic heterocycles. The number of likely N-dealkylation sites (N-methyl/N-ethyl adjacent to an activating group) is 1. The maximum atomic E-state index is 10.9. The van der Waals surface area contributed by atoms with Crippen LogP contribution < -0.4 is 10.6 Å². The number of benzene rings is 1. The first kappa shape index (κ1) is 15.0. The van der Waals surface area contributed by atoms with Gasteiger partial charge in [-0.05, 0) is 19.4 Å². The van der Waals surface area contributed by atoms with E-state index in [1.54, 1.807) is 6.07 Å². The SMILES string of the molecule is CC1OCCC1N(C)c1ccc([N+](=O)[O-])cc1/C(N)=N/O. The van der Waals surface area contributed by atoms with Gasteiger partial charge in [-0.15, -0.1) is 0 Å². The van der Waals surface area contributed by atoms with Crippen molar-refractivity contribution < 1.29 is 14.9 Å². The van der Waals surface area contributed by atoms with E-state index >= 15 is 0 Å². The molecule has 1 aromatic carbocycles. The van der Waals surface area contributed by atoms with Gasteiger partial charge in [-0.2, -0.15) is 0 Å². The number of nitrogens with two attached hydrogens (primary N) is 1. The molecule has 8 heteroatoms. The summed E-state index contributed by atoms with van der Waals surface area (Å²) in [5.74, 6) is -0.160. The Morgan fingerprint density at radius 1 is 1.62 bits per heavy atom. The van der Waals surface area contributed by atoms with E-state index in [0.29, 0.717) is 17.9 Å². The Hall–Kier alpha value is -2.35. The predicted molar refractivity (Wildman–Crippen MR) is 77.8 cm³/mol.